The molecule has 1 heterocycles. The summed E-state index contributed by atoms with van der Waals surface area (Å²) in [6.45, 7) is 2.56. The molecule has 0 spiro atoms. The van der Waals surface area contributed by atoms with Crippen molar-refractivity contribution in [3.63, 3.8) is 0 Å². The summed E-state index contributed by atoms with van der Waals surface area (Å²) >= 11 is 0. The number of anilines is 1. The zero-order valence-electron chi connectivity index (χ0n) is 7.85. The molecule has 1 amide bonds. The SMILES string of the molecule is CNCCC(=O)Nc1cc(C)[nH]n1. The number of amides is 1. The summed E-state index contributed by atoms with van der Waals surface area (Å²) in [5.74, 6) is 0.555. The fourth-order valence-corrected chi connectivity index (χ4v) is 0.926. The van der Waals surface area contributed by atoms with Crippen LogP contribution in [0.4, 0.5) is 5.82 Å². The standard InChI is InChI=1S/C8H14N4O/c1-6-5-7(12-11-6)10-8(13)3-4-9-2/h5,9H,3-4H2,1-2H3,(H2,10,11,12,13). The van der Waals surface area contributed by atoms with Crippen molar-refractivity contribution in [2.75, 3.05) is 18.9 Å². The summed E-state index contributed by atoms with van der Waals surface area (Å²) in [4.78, 5) is 11.2. The molecule has 0 aliphatic rings. The molecule has 0 aromatic carbocycles. The van der Waals surface area contributed by atoms with E-state index in [1.54, 1.807) is 6.07 Å². The summed E-state index contributed by atoms with van der Waals surface area (Å²) < 4.78 is 0. The molecule has 0 bridgehead atoms. The van der Waals surface area contributed by atoms with Crippen LogP contribution in [0.2, 0.25) is 0 Å². The maximum absolute atomic E-state index is 11.2. The molecule has 0 saturated heterocycles. The average molecular weight is 182 g/mol. The van der Waals surface area contributed by atoms with Crippen LogP contribution in [-0.2, 0) is 4.79 Å². The van der Waals surface area contributed by atoms with E-state index in [0.717, 1.165) is 5.69 Å². The van der Waals surface area contributed by atoms with Gasteiger partial charge in [-0.05, 0) is 14.0 Å². The third-order valence-corrected chi connectivity index (χ3v) is 1.58. The smallest absolute Gasteiger partial charge is 0.226 e. The first-order chi connectivity index (χ1) is 6.22. The second kappa shape index (κ2) is 4.61. The Hall–Kier alpha value is -1.36. The van der Waals surface area contributed by atoms with E-state index in [-0.39, 0.29) is 5.91 Å². The second-order valence-corrected chi connectivity index (χ2v) is 2.84. The van der Waals surface area contributed by atoms with E-state index in [9.17, 15) is 4.79 Å². The lowest BCUT2D eigenvalue weighted by Crippen LogP contribution is -2.18. The molecule has 5 heteroatoms. The van der Waals surface area contributed by atoms with Crippen LogP contribution < -0.4 is 10.6 Å². The van der Waals surface area contributed by atoms with Crippen LogP contribution in [0.25, 0.3) is 0 Å². The minimum absolute atomic E-state index is 0.0270. The number of hydrogen-bond acceptors (Lipinski definition) is 3. The fraction of sp³-hybridized carbons (Fsp3) is 0.500. The van der Waals surface area contributed by atoms with Crippen LogP contribution in [0.3, 0.4) is 0 Å². The fourth-order valence-electron chi connectivity index (χ4n) is 0.926. The molecule has 13 heavy (non-hydrogen) atoms. The minimum atomic E-state index is -0.0270. The highest BCUT2D eigenvalue weighted by Gasteiger charge is 2.02. The van der Waals surface area contributed by atoms with Gasteiger partial charge in [0.1, 0.15) is 0 Å². The Morgan fingerprint density at radius 1 is 1.69 bits per heavy atom. The van der Waals surface area contributed by atoms with E-state index in [4.69, 9.17) is 0 Å². The van der Waals surface area contributed by atoms with Crippen LogP contribution in [-0.4, -0.2) is 29.7 Å². The Morgan fingerprint density at radius 3 is 3.00 bits per heavy atom. The molecule has 0 aliphatic heterocycles. The maximum Gasteiger partial charge on any atom is 0.226 e. The second-order valence-electron chi connectivity index (χ2n) is 2.84. The number of aromatic nitrogens is 2. The minimum Gasteiger partial charge on any atom is -0.319 e. The monoisotopic (exact) mass is 182 g/mol. The van der Waals surface area contributed by atoms with E-state index in [1.165, 1.54) is 0 Å². The topological polar surface area (TPSA) is 69.8 Å². The molecule has 1 rings (SSSR count). The molecule has 5 nitrogen and oxygen atoms in total. The first kappa shape index (κ1) is 9.73. The lowest BCUT2D eigenvalue weighted by molar-refractivity contribution is -0.116. The molecular weight excluding hydrogens is 168 g/mol. The van der Waals surface area contributed by atoms with Crippen LogP contribution in [0.5, 0.6) is 0 Å². The van der Waals surface area contributed by atoms with Crippen molar-refractivity contribution in [2.24, 2.45) is 0 Å². The van der Waals surface area contributed by atoms with Gasteiger partial charge in [-0.15, -0.1) is 0 Å². The van der Waals surface area contributed by atoms with Crippen LogP contribution in [0.15, 0.2) is 6.07 Å². The third-order valence-electron chi connectivity index (χ3n) is 1.58. The number of H-pyrrole nitrogens is 1. The molecule has 0 fully saturated rings. The van der Waals surface area contributed by atoms with Gasteiger partial charge in [0.2, 0.25) is 5.91 Å². The molecule has 0 radical (unpaired) electrons. The molecule has 0 aliphatic carbocycles. The Morgan fingerprint density at radius 2 is 2.46 bits per heavy atom. The van der Waals surface area contributed by atoms with Gasteiger partial charge >= 0.3 is 0 Å². The van der Waals surface area contributed by atoms with Crippen molar-refractivity contribution < 1.29 is 4.79 Å². The first-order valence-corrected chi connectivity index (χ1v) is 4.19. The van der Waals surface area contributed by atoms with Gasteiger partial charge in [0.15, 0.2) is 5.82 Å². The Bertz CT molecular complexity index is 281. The van der Waals surface area contributed by atoms with E-state index < -0.39 is 0 Å². The molecular formula is C8H14N4O. The van der Waals surface area contributed by atoms with Gasteiger partial charge in [-0.2, -0.15) is 5.10 Å². The van der Waals surface area contributed by atoms with E-state index in [2.05, 4.69) is 20.8 Å². The normalized spacial score (nSPS) is 10.0. The molecule has 0 unspecified atom stereocenters. The lowest BCUT2D eigenvalue weighted by atomic mass is 10.4. The predicted molar refractivity (Wildman–Crippen MR) is 50.5 cm³/mol. The molecule has 1 aromatic heterocycles. The molecule has 0 atom stereocenters. The average Bonchev–Trinajstić information content (AvgIpc) is 2.48. The quantitative estimate of drug-likeness (QED) is 0.625. The Labute approximate surface area is 76.9 Å². The molecule has 3 N–H and O–H groups in total. The van der Waals surface area contributed by atoms with Gasteiger partial charge in [0, 0.05) is 24.7 Å². The Kier molecular flexibility index (Phi) is 3.45. The highest BCUT2D eigenvalue weighted by Crippen LogP contribution is 2.03. The number of aryl methyl sites for hydroxylation is 1. The lowest BCUT2D eigenvalue weighted by Gasteiger charge is -1.99. The van der Waals surface area contributed by atoms with Crippen molar-refractivity contribution in [1.29, 1.82) is 0 Å². The molecule has 72 valence electrons. The third kappa shape index (κ3) is 3.25. The summed E-state index contributed by atoms with van der Waals surface area (Å²) in [5, 5.41) is 12.2. The van der Waals surface area contributed by atoms with Crippen molar-refractivity contribution >= 4 is 11.7 Å². The van der Waals surface area contributed by atoms with Crippen molar-refractivity contribution in [3.05, 3.63) is 11.8 Å². The number of aromatic amines is 1. The summed E-state index contributed by atoms with van der Waals surface area (Å²) in [7, 11) is 1.81. The highest BCUT2D eigenvalue weighted by molar-refractivity contribution is 5.89. The van der Waals surface area contributed by atoms with Crippen molar-refractivity contribution in [2.45, 2.75) is 13.3 Å². The van der Waals surface area contributed by atoms with Gasteiger partial charge in [-0.25, -0.2) is 0 Å². The van der Waals surface area contributed by atoms with E-state index in [0.29, 0.717) is 18.8 Å². The van der Waals surface area contributed by atoms with Gasteiger partial charge in [0.05, 0.1) is 0 Å². The largest absolute Gasteiger partial charge is 0.319 e. The van der Waals surface area contributed by atoms with E-state index >= 15 is 0 Å². The van der Waals surface area contributed by atoms with Crippen LogP contribution in [0, 0.1) is 6.92 Å². The van der Waals surface area contributed by atoms with Gasteiger partial charge < -0.3 is 10.6 Å². The van der Waals surface area contributed by atoms with Gasteiger partial charge in [-0.1, -0.05) is 0 Å². The van der Waals surface area contributed by atoms with Crippen LogP contribution in [0.1, 0.15) is 12.1 Å². The van der Waals surface area contributed by atoms with Gasteiger partial charge in [0.25, 0.3) is 0 Å². The zero-order valence-corrected chi connectivity index (χ0v) is 7.85. The van der Waals surface area contributed by atoms with Crippen LogP contribution >= 0.6 is 0 Å². The number of rotatable bonds is 4. The molecule has 1 aromatic rings. The number of carbonyl (C=O) groups excluding carboxylic acids is 1. The number of carbonyl (C=O) groups is 1. The maximum atomic E-state index is 11.2. The highest BCUT2D eigenvalue weighted by atomic mass is 16.1. The van der Waals surface area contributed by atoms with Crippen molar-refractivity contribution in [1.82, 2.24) is 15.5 Å². The van der Waals surface area contributed by atoms with Gasteiger partial charge in [-0.3, -0.25) is 9.89 Å². The number of nitrogens with zero attached hydrogens (tertiary/aromatic N) is 1. The zero-order chi connectivity index (χ0) is 9.68. The predicted octanol–water partition coefficient (Wildman–Crippen LogP) is 0.266. The molecule has 0 saturated carbocycles. The summed E-state index contributed by atoms with van der Waals surface area (Å²) in [6.07, 6.45) is 0.461. The van der Waals surface area contributed by atoms with E-state index in [1.807, 2.05) is 14.0 Å². The number of hydrogen-bond donors (Lipinski definition) is 3. The number of nitrogens with one attached hydrogen (secondary N) is 3. The Balaban J connectivity index is 2.36. The van der Waals surface area contributed by atoms with Crippen molar-refractivity contribution in [3.8, 4) is 0 Å². The first-order valence-electron chi connectivity index (χ1n) is 4.19. The summed E-state index contributed by atoms with van der Waals surface area (Å²) in [5.41, 5.74) is 0.934. The summed E-state index contributed by atoms with van der Waals surface area (Å²) in [6, 6.07) is 1.79.